The average Bonchev–Trinajstić information content (AvgIpc) is 3.25. The second-order valence-electron chi connectivity index (χ2n) is 5.41. The first-order valence-electron chi connectivity index (χ1n) is 7.33. The number of anilines is 1. The molecule has 2 aromatic rings. The number of hydrogen-bond acceptors (Lipinski definition) is 7. The molecule has 116 valence electrons. The van der Waals surface area contributed by atoms with E-state index in [9.17, 15) is 4.79 Å². The van der Waals surface area contributed by atoms with Crippen molar-refractivity contribution in [1.82, 2.24) is 30.0 Å². The number of carbonyl (C=O) groups excluding carboxylic acids is 1. The van der Waals surface area contributed by atoms with Crippen LogP contribution in [0.15, 0.2) is 18.5 Å². The highest BCUT2D eigenvalue weighted by molar-refractivity contribution is 7.99. The van der Waals surface area contributed by atoms with Crippen molar-refractivity contribution in [2.75, 3.05) is 42.7 Å². The number of amides is 1. The fourth-order valence-corrected chi connectivity index (χ4v) is 3.75. The van der Waals surface area contributed by atoms with Crippen LogP contribution in [0.4, 0.5) is 5.82 Å². The van der Waals surface area contributed by atoms with Gasteiger partial charge in [-0.15, -0.1) is 27.1 Å². The van der Waals surface area contributed by atoms with Gasteiger partial charge in [0, 0.05) is 37.8 Å². The van der Waals surface area contributed by atoms with Gasteiger partial charge in [0.2, 0.25) is 5.91 Å². The summed E-state index contributed by atoms with van der Waals surface area (Å²) in [5.74, 6) is 2.88. The third kappa shape index (κ3) is 2.50. The molecule has 22 heavy (non-hydrogen) atoms. The van der Waals surface area contributed by atoms with Gasteiger partial charge in [0.05, 0.1) is 6.04 Å². The number of nitrogens with one attached hydrogen (secondary N) is 1. The highest BCUT2D eigenvalue weighted by Gasteiger charge is 2.29. The van der Waals surface area contributed by atoms with E-state index in [2.05, 4.69) is 25.5 Å². The first-order chi connectivity index (χ1) is 10.8. The van der Waals surface area contributed by atoms with Gasteiger partial charge in [0.1, 0.15) is 12.1 Å². The standard InChI is InChI=1S/C13H17N7OS/c21-13(10-7-22-9-14-10)19-5-3-18(4-6-19)12-2-1-11-16-15-8-20(11)17-12/h1-2,8,10,14H,3-7,9H2. The SMILES string of the molecule is O=C(C1CSCN1)N1CCN(c2ccc3nncn3n2)CC1. The topological polar surface area (TPSA) is 78.7 Å². The van der Waals surface area contributed by atoms with Gasteiger partial charge in [-0.2, -0.15) is 4.52 Å². The number of aromatic nitrogens is 4. The number of carbonyl (C=O) groups is 1. The molecular formula is C13H17N7OS. The molecule has 4 heterocycles. The molecule has 9 heteroatoms. The van der Waals surface area contributed by atoms with Gasteiger partial charge < -0.3 is 9.80 Å². The number of piperazine rings is 1. The van der Waals surface area contributed by atoms with Crippen molar-refractivity contribution in [3.8, 4) is 0 Å². The summed E-state index contributed by atoms with van der Waals surface area (Å²) in [6.07, 6.45) is 1.60. The van der Waals surface area contributed by atoms with Crippen LogP contribution in [0.3, 0.4) is 0 Å². The molecule has 0 saturated carbocycles. The Balaban J connectivity index is 1.41. The summed E-state index contributed by atoms with van der Waals surface area (Å²) < 4.78 is 1.67. The minimum Gasteiger partial charge on any atom is -0.352 e. The Hall–Kier alpha value is -1.87. The van der Waals surface area contributed by atoms with Crippen LogP contribution in [0.5, 0.6) is 0 Å². The lowest BCUT2D eigenvalue weighted by atomic mass is 10.2. The van der Waals surface area contributed by atoms with Gasteiger partial charge in [0.15, 0.2) is 5.65 Å². The van der Waals surface area contributed by atoms with Gasteiger partial charge in [-0.05, 0) is 12.1 Å². The fourth-order valence-electron chi connectivity index (χ4n) is 2.82. The quantitative estimate of drug-likeness (QED) is 0.794. The summed E-state index contributed by atoms with van der Waals surface area (Å²) in [6, 6.07) is 3.85. The summed E-state index contributed by atoms with van der Waals surface area (Å²) >= 11 is 1.78. The Kier molecular flexibility index (Phi) is 3.59. The van der Waals surface area contributed by atoms with E-state index in [0.717, 1.165) is 49.3 Å². The monoisotopic (exact) mass is 319 g/mol. The van der Waals surface area contributed by atoms with Crippen LogP contribution in [0.2, 0.25) is 0 Å². The average molecular weight is 319 g/mol. The first-order valence-corrected chi connectivity index (χ1v) is 8.49. The maximum absolute atomic E-state index is 12.4. The Morgan fingerprint density at radius 3 is 2.91 bits per heavy atom. The Morgan fingerprint density at radius 2 is 2.14 bits per heavy atom. The van der Waals surface area contributed by atoms with Crippen LogP contribution in [0.1, 0.15) is 0 Å². The zero-order valence-corrected chi connectivity index (χ0v) is 12.9. The van der Waals surface area contributed by atoms with E-state index in [1.54, 1.807) is 22.6 Å². The second kappa shape index (κ2) is 5.73. The van der Waals surface area contributed by atoms with Crippen LogP contribution in [-0.4, -0.2) is 74.5 Å². The van der Waals surface area contributed by atoms with E-state index in [0.29, 0.717) is 0 Å². The maximum Gasteiger partial charge on any atom is 0.240 e. The lowest BCUT2D eigenvalue weighted by Gasteiger charge is -2.36. The van der Waals surface area contributed by atoms with E-state index in [1.807, 2.05) is 17.0 Å². The summed E-state index contributed by atoms with van der Waals surface area (Å²) in [6.45, 7) is 3.08. The summed E-state index contributed by atoms with van der Waals surface area (Å²) in [5.41, 5.74) is 0.738. The molecule has 0 radical (unpaired) electrons. The van der Waals surface area contributed by atoms with E-state index in [-0.39, 0.29) is 11.9 Å². The summed E-state index contributed by atoms with van der Waals surface area (Å²) in [4.78, 5) is 16.5. The molecule has 4 rings (SSSR count). The summed E-state index contributed by atoms with van der Waals surface area (Å²) in [7, 11) is 0. The van der Waals surface area contributed by atoms with E-state index in [1.165, 1.54) is 0 Å². The number of hydrogen-bond donors (Lipinski definition) is 1. The van der Waals surface area contributed by atoms with Crippen molar-refractivity contribution >= 4 is 29.1 Å². The molecule has 2 fully saturated rings. The van der Waals surface area contributed by atoms with Gasteiger partial charge >= 0.3 is 0 Å². The first kappa shape index (κ1) is 13.8. The highest BCUT2D eigenvalue weighted by atomic mass is 32.2. The number of fused-ring (bicyclic) bond motifs is 1. The van der Waals surface area contributed by atoms with E-state index < -0.39 is 0 Å². The smallest absolute Gasteiger partial charge is 0.240 e. The van der Waals surface area contributed by atoms with Crippen LogP contribution >= 0.6 is 11.8 Å². The normalized spacial score (nSPS) is 22.5. The minimum absolute atomic E-state index is 0.0111. The van der Waals surface area contributed by atoms with Gasteiger partial charge in [-0.25, -0.2) is 0 Å². The summed E-state index contributed by atoms with van der Waals surface area (Å²) in [5, 5.41) is 15.5. The third-order valence-corrected chi connectivity index (χ3v) is 5.02. The molecule has 1 atom stereocenters. The fraction of sp³-hybridized carbons (Fsp3) is 0.538. The molecule has 0 bridgehead atoms. The van der Waals surface area contributed by atoms with Crippen LogP contribution < -0.4 is 10.2 Å². The Labute approximate surface area is 131 Å². The van der Waals surface area contributed by atoms with Crippen molar-refractivity contribution < 1.29 is 4.79 Å². The van der Waals surface area contributed by atoms with Gasteiger partial charge in [0.25, 0.3) is 0 Å². The van der Waals surface area contributed by atoms with Crippen molar-refractivity contribution in [2.45, 2.75) is 6.04 Å². The Bertz CT molecular complexity index is 676. The number of thioether (sulfide) groups is 1. The van der Waals surface area contributed by atoms with E-state index in [4.69, 9.17) is 0 Å². The highest BCUT2D eigenvalue weighted by Crippen LogP contribution is 2.16. The molecule has 1 unspecified atom stereocenters. The lowest BCUT2D eigenvalue weighted by Crippen LogP contribution is -2.53. The molecule has 0 spiro atoms. The zero-order chi connectivity index (χ0) is 14.9. The van der Waals surface area contributed by atoms with Crippen LogP contribution in [0, 0.1) is 0 Å². The molecule has 0 aromatic carbocycles. The molecule has 2 saturated heterocycles. The Morgan fingerprint density at radius 1 is 1.27 bits per heavy atom. The molecule has 1 amide bonds. The molecule has 2 aliphatic rings. The molecule has 2 aliphatic heterocycles. The van der Waals surface area contributed by atoms with Gasteiger partial charge in [-0.3, -0.25) is 10.1 Å². The molecule has 1 N–H and O–H groups in total. The predicted octanol–water partition coefficient (Wildman–Crippen LogP) is -0.565. The zero-order valence-electron chi connectivity index (χ0n) is 12.1. The number of rotatable bonds is 2. The predicted molar refractivity (Wildman–Crippen MR) is 83.8 cm³/mol. The van der Waals surface area contributed by atoms with Crippen molar-refractivity contribution in [1.29, 1.82) is 0 Å². The molecular weight excluding hydrogens is 302 g/mol. The molecule has 0 aliphatic carbocycles. The minimum atomic E-state index is -0.0111. The van der Waals surface area contributed by atoms with Crippen molar-refractivity contribution in [2.24, 2.45) is 0 Å². The third-order valence-electron chi connectivity index (χ3n) is 4.08. The number of nitrogens with zero attached hydrogens (tertiary/aromatic N) is 6. The lowest BCUT2D eigenvalue weighted by molar-refractivity contribution is -0.132. The maximum atomic E-state index is 12.4. The van der Waals surface area contributed by atoms with Crippen molar-refractivity contribution in [3.05, 3.63) is 18.5 Å². The van der Waals surface area contributed by atoms with Crippen LogP contribution in [-0.2, 0) is 4.79 Å². The largest absolute Gasteiger partial charge is 0.352 e. The molecule has 2 aromatic heterocycles. The van der Waals surface area contributed by atoms with Gasteiger partial charge in [-0.1, -0.05) is 0 Å². The van der Waals surface area contributed by atoms with E-state index >= 15 is 0 Å². The second-order valence-corrected chi connectivity index (χ2v) is 6.44. The van der Waals surface area contributed by atoms with Crippen LogP contribution in [0.25, 0.3) is 5.65 Å². The van der Waals surface area contributed by atoms with Crippen molar-refractivity contribution in [3.63, 3.8) is 0 Å². The molecule has 8 nitrogen and oxygen atoms in total.